The number of halogens is 1. The molecule has 1 heterocycles. The van der Waals surface area contributed by atoms with Crippen LogP contribution in [0.15, 0.2) is 11.4 Å². The van der Waals surface area contributed by atoms with Crippen molar-refractivity contribution in [2.24, 2.45) is 5.73 Å². The molecular weight excluding hydrogens is 260 g/mol. The van der Waals surface area contributed by atoms with Gasteiger partial charge in [0.15, 0.2) is 0 Å². The number of hydrogen-bond donors (Lipinski definition) is 2. The van der Waals surface area contributed by atoms with Crippen LogP contribution in [0.1, 0.15) is 31.7 Å². The molecule has 1 aromatic heterocycles. The van der Waals surface area contributed by atoms with E-state index in [0.29, 0.717) is 11.6 Å². The van der Waals surface area contributed by atoms with Crippen LogP contribution in [0.2, 0.25) is 5.02 Å². The normalized spacial score (nSPS) is 13.2. The first kappa shape index (κ1) is 14.3. The average Bonchev–Trinajstić information content (AvgIpc) is 2.58. The second-order valence-corrected chi connectivity index (χ2v) is 5.98. The molecule has 1 amide bonds. The molecule has 3 N–H and O–H groups in total. The molecule has 0 aromatic carbocycles. The van der Waals surface area contributed by atoms with Crippen LogP contribution in [0.5, 0.6) is 0 Å². The lowest BCUT2D eigenvalue weighted by Crippen LogP contribution is -2.37. The highest BCUT2D eigenvalue weighted by Crippen LogP contribution is 2.25. The highest BCUT2D eigenvalue weighted by Gasteiger charge is 2.20. The fourth-order valence-corrected chi connectivity index (χ4v) is 2.35. The summed E-state index contributed by atoms with van der Waals surface area (Å²) in [4.78, 5) is 12.5. The Morgan fingerprint density at radius 3 is 2.71 bits per heavy atom. The Hall–Kier alpha value is -0.780. The second-order valence-electron chi connectivity index (χ2n) is 4.60. The maximum absolute atomic E-state index is 11.6. The number of nitrogens with two attached hydrogens (primary N) is 1. The third-order valence-corrected chi connectivity index (χ3v) is 3.25. The van der Waals surface area contributed by atoms with Gasteiger partial charge in [-0.3, -0.25) is 0 Å². The smallest absolute Gasteiger partial charge is 0.408 e. The minimum atomic E-state index is -0.518. The van der Waals surface area contributed by atoms with Gasteiger partial charge in [-0.2, -0.15) is 0 Å². The van der Waals surface area contributed by atoms with E-state index in [-0.39, 0.29) is 6.04 Å². The lowest BCUT2D eigenvalue weighted by Gasteiger charge is -2.22. The SMILES string of the molecule is CC(C)(C)OC(=O)NC(CN)c1cc(Cl)cs1. The number of hydrogen-bond acceptors (Lipinski definition) is 4. The van der Waals surface area contributed by atoms with Gasteiger partial charge in [-0.25, -0.2) is 4.79 Å². The second kappa shape index (κ2) is 5.71. The number of alkyl carbamates (subject to hydrolysis) is 1. The Balaban J connectivity index is 2.62. The summed E-state index contributed by atoms with van der Waals surface area (Å²) < 4.78 is 5.16. The van der Waals surface area contributed by atoms with Crippen molar-refractivity contribution in [1.82, 2.24) is 5.32 Å². The van der Waals surface area contributed by atoms with Gasteiger partial charge >= 0.3 is 6.09 Å². The van der Waals surface area contributed by atoms with Gasteiger partial charge in [-0.05, 0) is 26.8 Å². The molecule has 0 spiro atoms. The molecule has 1 rings (SSSR count). The van der Waals surface area contributed by atoms with Crippen LogP contribution in [0.25, 0.3) is 0 Å². The van der Waals surface area contributed by atoms with Crippen molar-refractivity contribution in [2.45, 2.75) is 32.4 Å². The summed E-state index contributed by atoms with van der Waals surface area (Å²) in [5.41, 5.74) is 5.10. The number of thiophene rings is 1. The molecule has 1 unspecified atom stereocenters. The summed E-state index contributed by atoms with van der Waals surface area (Å²) in [6.45, 7) is 5.74. The molecule has 0 saturated heterocycles. The van der Waals surface area contributed by atoms with Crippen LogP contribution in [-0.4, -0.2) is 18.2 Å². The Morgan fingerprint density at radius 2 is 2.29 bits per heavy atom. The van der Waals surface area contributed by atoms with Gasteiger partial charge in [0.1, 0.15) is 5.60 Å². The summed E-state index contributed by atoms with van der Waals surface area (Å²) in [6, 6.07) is 1.53. The van der Waals surface area contributed by atoms with Crippen LogP contribution < -0.4 is 11.1 Å². The maximum Gasteiger partial charge on any atom is 0.408 e. The van der Waals surface area contributed by atoms with Crippen molar-refractivity contribution >= 4 is 29.0 Å². The van der Waals surface area contributed by atoms with E-state index >= 15 is 0 Å². The summed E-state index contributed by atoms with van der Waals surface area (Å²) in [6.07, 6.45) is -0.475. The van der Waals surface area contributed by atoms with Crippen molar-refractivity contribution in [2.75, 3.05) is 6.54 Å². The molecule has 0 bridgehead atoms. The molecule has 0 aliphatic rings. The third-order valence-electron chi connectivity index (χ3n) is 1.86. The molecule has 1 aromatic rings. The molecule has 6 heteroatoms. The first-order valence-corrected chi connectivity index (χ1v) is 6.51. The number of carbonyl (C=O) groups is 1. The fourth-order valence-electron chi connectivity index (χ4n) is 1.21. The van der Waals surface area contributed by atoms with Crippen molar-refractivity contribution in [3.8, 4) is 0 Å². The number of ether oxygens (including phenoxy) is 1. The van der Waals surface area contributed by atoms with E-state index in [1.54, 1.807) is 11.4 Å². The predicted octanol–water partition coefficient (Wildman–Crippen LogP) is 2.93. The monoisotopic (exact) mass is 276 g/mol. The van der Waals surface area contributed by atoms with Gasteiger partial charge in [0.2, 0.25) is 0 Å². The Morgan fingerprint density at radius 1 is 1.65 bits per heavy atom. The van der Waals surface area contributed by atoms with Gasteiger partial charge in [0.25, 0.3) is 0 Å². The molecule has 0 saturated carbocycles. The van der Waals surface area contributed by atoms with Gasteiger partial charge in [0.05, 0.1) is 11.1 Å². The zero-order valence-corrected chi connectivity index (χ0v) is 11.7. The minimum absolute atomic E-state index is 0.262. The molecule has 4 nitrogen and oxygen atoms in total. The average molecular weight is 277 g/mol. The van der Waals surface area contributed by atoms with E-state index in [1.165, 1.54) is 11.3 Å². The van der Waals surface area contributed by atoms with Crippen molar-refractivity contribution in [3.63, 3.8) is 0 Å². The fraction of sp³-hybridized carbons (Fsp3) is 0.545. The van der Waals surface area contributed by atoms with E-state index < -0.39 is 11.7 Å². The Bertz CT molecular complexity index is 387. The number of nitrogens with one attached hydrogen (secondary N) is 1. The predicted molar refractivity (Wildman–Crippen MR) is 70.5 cm³/mol. The molecule has 17 heavy (non-hydrogen) atoms. The van der Waals surface area contributed by atoms with E-state index in [2.05, 4.69) is 5.32 Å². The standard InChI is InChI=1S/C11H17ClN2O2S/c1-11(2,3)16-10(15)14-8(5-13)9-4-7(12)6-17-9/h4,6,8H,5,13H2,1-3H3,(H,14,15). The molecule has 0 fully saturated rings. The molecule has 0 aliphatic carbocycles. The first-order valence-electron chi connectivity index (χ1n) is 5.25. The zero-order valence-electron chi connectivity index (χ0n) is 10.1. The van der Waals surface area contributed by atoms with Gasteiger partial charge < -0.3 is 15.8 Å². The Labute approximate surface area is 110 Å². The molecule has 1 atom stereocenters. The highest BCUT2D eigenvalue weighted by molar-refractivity contribution is 7.10. The van der Waals surface area contributed by atoms with Crippen LogP contribution in [0, 0.1) is 0 Å². The largest absolute Gasteiger partial charge is 0.444 e. The van der Waals surface area contributed by atoms with Gasteiger partial charge in [0, 0.05) is 16.8 Å². The quantitative estimate of drug-likeness (QED) is 0.892. The minimum Gasteiger partial charge on any atom is -0.444 e. The van der Waals surface area contributed by atoms with E-state index in [1.807, 2.05) is 20.8 Å². The first-order chi connectivity index (χ1) is 7.81. The topological polar surface area (TPSA) is 64.3 Å². The molecule has 96 valence electrons. The van der Waals surface area contributed by atoms with Crippen molar-refractivity contribution < 1.29 is 9.53 Å². The van der Waals surface area contributed by atoms with Crippen LogP contribution in [0.3, 0.4) is 0 Å². The lowest BCUT2D eigenvalue weighted by molar-refractivity contribution is 0.0506. The number of amides is 1. The van der Waals surface area contributed by atoms with Crippen molar-refractivity contribution in [1.29, 1.82) is 0 Å². The summed E-state index contributed by atoms with van der Waals surface area (Å²) >= 11 is 7.29. The molecule has 0 aliphatic heterocycles. The molecular formula is C11H17ClN2O2S. The van der Waals surface area contributed by atoms with E-state index in [9.17, 15) is 4.79 Å². The van der Waals surface area contributed by atoms with Crippen LogP contribution >= 0.6 is 22.9 Å². The zero-order chi connectivity index (χ0) is 13.1. The summed E-state index contributed by atoms with van der Waals surface area (Å²) in [5.74, 6) is 0. The van der Waals surface area contributed by atoms with Crippen LogP contribution in [-0.2, 0) is 4.74 Å². The summed E-state index contributed by atoms with van der Waals surface area (Å²) in [7, 11) is 0. The highest BCUT2D eigenvalue weighted by atomic mass is 35.5. The maximum atomic E-state index is 11.6. The molecule has 0 radical (unpaired) electrons. The lowest BCUT2D eigenvalue weighted by atomic mass is 10.2. The number of carbonyl (C=O) groups excluding carboxylic acids is 1. The van der Waals surface area contributed by atoms with Crippen molar-refractivity contribution in [3.05, 3.63) is 21.3 Å². The third kappa shape index (κ3) is 4.93. The van der Waals surface area contributed by atoms with Gasteiger partial charge in [-0.1, -0.05) is 11.6 Å². The van der Waals surface area contributed by atoms with E-state index in [4.69, 9.17) is 22.1 Å². The van der Waals surface area contributed by atoms with Crippen LogP contribution in [0.4, 0.5) is 4.79 Å². The summed E-state index contributed by atoms with van der Waals surface area (Å²) in [5, 5.41) is 5.17. The van der Waals surface area contributed by atoms with Gasteiger partial charge in [-0.15, -0.1) is 11.3 Å². The Kier molecular flexibility index (Phi) is 4.80. The number of rotatable bonds is 3. The van der Waals surface area contributed by atoms with E-state index in [0.717, 1.165) is 4.88 Å².